The molecule has 2 heterocycles. The van der Waals surface area contributed by atoms with Gasteiger partial charge in [0.05, 0.1) is 5.56 Å². The van der Waals surface area contributed by atoms with E-state index in [-0.39, 0.29) is 11.2 Å². The Morgan fingerprint density at radius 3 is 2.53 bits per heavy atom. The summed E-state index contributed by atoms with van der Waals surface area (Å²) in [6, 6.07) is 1.98. The van der Waals surface area contributed by atoms with Crippen LogP contribution in [0.2, 0.25) is 0 Å². The molecule has 0 amide bonds. The fourth-order valence-electron chi connectivity index (χ4n) is 2.22. The summed E-state index contributed by atoms with van der Waals surface area (Å²) in [7, 11) is 0. The third kappa shape index (κ3) is 3.09. The van der Waals surface area contributed by atoms with Crippen LogP contribution in [0.1, 0.15) is 25.8 Å². The summed E-state index contributed by atoms with van der Waals surface area (Å²) < 4.78 is 38.4. The van der Waals surface area contributed by atoms with Crippen LogP contribution in [-0.4, -0.2) is 18.1 Å². The van der Waals surface area contributed by atoms with Gasteiger partial charge in [-0.1, -0.05) is 13.8 Å². The molecule has 19 heavy (non-hydrogen) atoms. The summed E-state index contributed by atoms with van der Waals surface area (Å²) in [4.78, 5) is 5.96. The number of halogens is 3. The Kier molecular flexibility index (Phi) is 3.34. The van der Waals surface area contributed by atoms with Crippen molar-refractivity contribution in [3.63, 3.8) is 0 Å². The molecule has 3 N–H and O–H groups in total. The molecule has 1 fully saturated rings. The van der Waals surface area contributed by atoms with E-state index in [1.807, 2.05) is 4.90 Å². The van der Waals surface area contributed by atoms with Crippen LogP contribution in [0.4, 0.5) is 24.8 Å². The van der Waals surface area contributed by atoms with Gasteiger partial charge in [-0.2, -0.15) is 13.2 Å². The zero-order chi connectivity index (χ0) is 14.3. The zero-order valence-electron chi connectivity index (χ0n) is 10.9. The van der Waals surface area contributed by atoms with Crippen LogP contribution in [0.15, 0.2) is 12.1 Å². The first-order valence-corrected chi connectivity index (χ1v) is 6.02. The van der Waals surface area contributed by atoms with Crippen molar-refractivity contribution in [1.29, 1.82) is 0 Å². The van der Waals surface area contributed by atoms with Crippen molar-refractivity contribution in [1.82, 2.24) is 4.98 Å². The number of nitrogens with zero attached hydrogens (tertiary/aromatic N) is 2. The van der Waals surface area contributed by atoms with Crippen molar-refractivity contribution in [3.8, 4) is 0 Å². The van der Waals surface area contributed by atoms with Gasteiger partial charge in [-0.25, -0.2) is 10.8 Å². The lowest BCUT2D eigenvalue weighted by Gasteiger charge is -2.22. The summed E-state index contributed by atoms with van der Waals surface area (Å²) in [5, 5.41) is 0. The minimum atomic E-state index is -4.40. The molecule has 1 aromatic rings. The lowest BCUT2D eigenvalue weighted by atomic mass is 9.93. The molecule has 0 saturated carbocycles. The number of alkyl halides is 3. The standard InChI is InChI=1S/C12H17F3N4/c1-11(2)3-4-19(7-11)10-6-8(12(13,14)15)5-9(17-10)18-16/h5-6H,3-4,7,16H2,1-2H3,(H,17,18). The molecule has 1 aliphatic rings. The molecule has 0 atom stereocenters. The highest BCUT2D eigenvalue weighted by Crippen LogP contribution is 2.36. The molecule has 0 unspecified atom stereocenters. The number of rotatable bonds is 2. The van der Waals surface area contributed by atoms with Crippen molar-refractivity contribution in [2.75, 3.05) is 23.4 Å². The summed E-state index contributed by atoms with van der Waals surface area (Å²) in [6.45, 7) is 5.56. The minimum Gasteiger partial charge on any atom is -0.356 e. The van der Waals surface area contributed by atoms with E-state index in [1.165, 1.54) is 0 Å². The Balaban J connectivity index is 2.35. The average Bonchev–Trinajstić information content (AvgIpc) is 2.68. The summed E-state index contributed by atoms with van der Waals surface area (Å²) in [5.41, 5.74) is 1.54. The van der Waals surface area contributed by atoms with Gasteiger partial charge in [-0.3, -0.25) is 0 Å². The average molecular weight is 274 g/mol. The van der Waals surface area contributed by atoms with Crippen molar-refractivity contribution in [2.45, 2.75) is 26.4 Å². The molecule has 0 radical (unpaired) electrons. The molecule has 2 rings (SSSR count). The van der Waals surface area contributed by atoms with Crippen molar-refractivity contribution >= 4 is 11.6 Å². The summed E-state index contributed by atoms with van der Waals surface area (Å²) in [5.74, 6) is 5.52. The molecule has 0 spiro atoms. The van der Waals surface area contributed by atoms with Crippen LogP contribution in [-0.2, 0) is 6.18 Å². The normalized spacial score (nSPS) is 18.7. The van der Waals surface area contributed by atoms with Crippen molar-refractivity contribution < 1.29 is 13.2 Å². The Hall–Kier alpha value is -1.50. The second-order valence-electron chi connectivity index (χ2n) is 5.58. The molecule has 1 aromatic heterocycles. The quantitative estimate of drug-likeness (QED) is 0.643. The molecule has 0 aromatic carbocycles. The number of nitrogen functional groups attached to an aromatic ring is 1. The van der Waals surface area contributed by atoms with Gasteiger partial charge in [0, 0.05) is 13.1 Å². The Morgan fingerprint density at radius 1 is 1.37 bits per heavy atom. The van der Waals surface area contributed by atoms with E-state index in [9.17, 15) is 13.2 Å². The van der Waals surface area contributed by atoms with E-state index in [1.54, 1.807) is 0 Å². The maximum Gasteiger partial charge on any atom is 0.416 e. The molecular weight excluding hydrogens is 257 g/mol. The molecule has 106 valence electrons. The number of hydrogen-bond donors (Lipinski definition) is 2. The highest BCUT2D eigenvalue weighted by molar-refractivity contribution is 5.51. The topological polar surface area (TPSA) is 54.2 Å². The van der Waals surface area contributed by atoms with E-state index in [0.29, 0.717) is 18.9 Å². The SMILES string of the molecule is CC1(C)CCN(c2cc(C(F)(F)F)cc(NN)n2)C1. The first kappa shape index (κ1) is 13.9. The second kappa shape index (κ2) is 4.56. The summed E-state index contributed by atoms with van der Waals surface area (Å²) >= 11 is 0. The first-order chi connectivity index (χ1) is 8.71. The van der Waals surface area contributed by atoms with Crippen LogP contribution < -0.4 is 16.2 Å². The van der Waals surface area contributed by atoms with Gasteiger partial charge in [-0.05, 0) is 24.0 Å². The molecule has 0 bridgehead atoms. The zero-order valence-corrected chi connectivity index (χ0v) is 10.9. The van der Waals surface area contributed by atoms with Gasteiger partial charge in [0.1, 0.15) is 11.6 Å². The maximum atomic E-state index is 12.8. The third-order valence-electron chi connectivity index (χ3n) is 3.29. The van der Waals surface area contributed by atoms with E-state index < -0.39 is 11.7 Å². The molecule has 1 saturated heterocycles. The fraction of sp³-hybridized carbons (Fsp3) is 0.583. The predicted octanol–water partition coefficient (Wildman–Crippen LogP) is 2.62. The molecule has 7 heteroatoms. The lowest BCUT2D eigenvalue weighted by Crippen LogP contribution is -2.25. The third-order valence-corrected chi connectivity index (χ3v) is 3.29. The molecule has 4 nitrogen and oxygen atoms in total. The Morgan fingerprint density at radius 2 is 2.05 bits per heavy atom. The maximum absolute atomic E-state index is 12.8. The van der Waals surface area contributed by atoms with E-state index in [0.717, 1.165) is 18.6 Å². The minimum absolute atomic E-state index is 0.0227. The van der Waals surface area contributed by atoms with Crippen LogP contribution in [0.5, 0.6) is 0 Å². The van der Waals surface area contributed by atoms with Crippen molar-refractivity contribution in [3.05, 3.63) is 17.7 Å². The number of anilines is 2. The summed E-state index contributed by atoms with van der Waals surface area (Å²) in [6.07, 6.45) is -3.48. The van der Waals surface area contributed by atoms with Gasteiger partial charge in [0.15, 0.2) is 0 Å². The highest BCUT2D eigenvalue weighted by Gasteiger charge is 2.34. The monoisotopic (exact) mass is 274 g/mol. The van der Waals surface area contributed by atoms with Gasteiger partial charge in [0.2, 0.25) is 0 Å². The molecular formula is C12H17F3N4. The van der Waals surface area contributed by atoms with Gasteiger partial charge in [0.25, 0.3) is 0 Å². The Bertz CT molecular complexity index is 471. The number of hydrogen-bond acceptors (Lipinski definition) is 4. The van der Waals surface area contributed by atoms with Crippen LogP contribution >= 0.6 is 0 Å². The number of nitrogens with two attached hydrogens (primary N) is 1. The van der Waals surface area contributed by atoms with E-state index in [2.05, 4.69) is 24.3 Å². The van der Waals surface area contributed by atoms with Crippen molar-refractivity contribution in [2.24, 2.45) is 11.3 Å². The predicted molar refractivity (Wildman–Crippen MR) is 67.7 cm³/mol. The van der Waals surface area contributed by atoms with Crippen LogP contribution in [0.3, 0.4) is 0 Å². The fourth-order valence-corrected chi connectivity index (χ4v) is 2.22. The Labute approximate surface area is 109 Å². The lowest BCUT2D eigenvalue weighted by molar-refractivity contribution is -0.137. The number of pyridine rings is 1. The van der Waals surface area contributed by atoms with Gasteiger partial charge < -0.3 is 10.3 Å². The highest BCUT2D eigenvalue weighted by atomic mass is 19.4. The number of hydrazine groups is 1. The largest absolute Gasteiger partial charge is 0.416 e. The van der Waals surface area contributed by atoms with Gasteiger partial charge >= 0.3 is 6.18 Å². The van der Waals surface area contributed by atoms with Gasteiger partial charge in [-0.15, -0.1) is 0 Å². The molecule has 1 aliphatic heterocycles. The second-order valence-corrected chi connectivity index (χ2v) is 5.58. The molecule has 0 aliphatic carbocycles. The van der Waals surface area contributed by atoms with E-state index in [4.69, 9.17) is 5.84 Å². The smallest absolute Gasteiger partial charge is 0.356 e. The van der Waals surface area contributed by atoms with Crippen LogP contribution in [0, 0.1) is 5.41 Å². The van der Waals surface area contributed by atoms with E-state index >= 15 is 0 Å². The van der Waals surface area contributed by atoms with Crippen LogP contribution in [0.25, 0.3) is 0 Å². The number of aromatic nitrogens is 1. The first-order valence-electron chi connectivity index (χ1n) is 6.02. The number of nitrogens with one attached hydrogen (secondary N) is 1.